The van der Waals surface area contributed by atoms with Gasteiger partial charge < -0.3 is 10.0 Å². The van der Waals surface area contributed by atoms with E-state index in [-0.39, 0.29) is 0 Å². The van der Waals surface area contributed by atoms with Crippen molar-refractivity contribution in [1.29, 1.82) is 0 Å². The molecule has 0 saturated carbocycles. The summed E-state index contributed by atoms with van der Waals surface area (Å²) in [6, 6.07) is 4.79. The topological polar surface area (TPSA) is 66.2 Å². The number of rotatable bonds is 1. The van der Waals surface area contributed by atoms with Gasteiger partial charge in [0.1, 0.15) is 0 Å². The molecule has 70 valence electrons. The summed E-state index contributed by atoms with van der Waals surface area (Å²) >= 11 is 5.87. The second kappa shape index (κ2) is 3.53. The molecule has 1 aromatic heterocycles. The van der Waals surface area contributed by atoms with Gasteiger partial charge in [0, 0.05) is 5.39 Å². The third-order valence-electron chi connectivity index (χ3n) is 1.91. The van der Waals surface area contributed by atoms with Gasteiger partial charge in [-0.25, -0.2) is 0 Å². The molecule has 0 spiro atoms. The summed E-state index contributed by atoms with van der Waals surface area (Å²) in [5, 5.41) is 26.5. The van der Waals surface area contributed by atoms with E-state index in [1.807, 2.05) is 0 Å². The van der Waals surface area contributed by atoms with Crippen LogP contribution in [0.5, 0.6) is 0 Å². The van der Waals surface area contributed by atoms with E-state index in [0.29, 0.717) is 21.4 Å². The first-order valence-corrected chi connectivity index (χ1v) is 4.33. The lowest BCUT2D eigenvalue weighted by molar-refractivity contribution is 0.426. The summed E-state index contributed by atoms with van der Waals surface area (Å²) in [6.45, 7) is 0. The predicted molar refractivity (Wildman–Crippen MR) is 54.4 cm³/mol. The van der Waals surface area contributed by atoms with Gasteiger partial charge in [-0.3, -0.25) is 0 Å². The van der Waals surface area contributed by atoms with E-state index in [1.165, 1.54) is 6.20 Å². The van der Waals surface area contributed by atoms with Crippen LogP contribution < -0.4 is 5.46 Å². The van der Waals surface area contributed by atoms with Gasteiger partial charge >= 0.3 is 7.12 Å². The van der Waals surface area contributed by atoms with E-state index in [1.54, 1.807) is 18.2 Å². The van der Waals surface area contributed by atoms with E-state index >= 15 is 0 Å². The first-order valence-electron chi connectivity index (χ1n) is 3.95. The Labute approximate surface area is 85.3 Å². The van der Waals surface area contributed by atoms with Gasteiger partial charge in [-0.05, 0) is 11.5 Å². The molecule has 0 unspecified atom stereocenters. The molecule has 0 fully saturated rings. The molecule has 0 radical (unpaired) electrons. The van der Waals surface area contributed by atoms with Gasteiger partial charge in [-0.2, -0.15) is 10.2 Å². The normalized spacial score (nSPS) is 10.5. The van der Waals surface area contributed by atoms with Crippen molar-refractivity contribution in [1.82, 2.24) is 10.2 Å². The Balaban J connectivity index is 2.70. The van der Waals surface area contributed by atoms with Gasteiger partial charge in [0.15, 0.2) is 0 Å². The zero-order chi connectivity index (χ0) is 10.1. The van der Waals surface area contributed by atoms with Gasteiger partial charge in [0.05, 0.1) is 16.7 Å². The standard InChI is InChI=1S/C8H6BClN2O2/c10-7-4-11-12-8-2-1-5(9(13)14)3-6(7)8/h1-4,13-14H. The summed E-state index contributed by atoms with van der Waals surface area (Å²) < 4.78 is 0. The first-order chi connectivity index (χ1) is 6.68. The highest BCUT2D eigenvalue weighted by Crippen LogP contribution is 2.18. The summed E-state index contributed by atoms with van der Waals surface area (Å²) in [7, 11) is -1.50. The van der Waals surface area contributed by atoms with Crippen molar-refractivity contribution < 1.29 is 10.0 Å². The van der Waals surface area contributed by atoms with Gasteiger partial charge in [-0.15, -0.1) is 0 Å². The molecule has 0 saturated heterocycles. The van der Waals surface area contributed by atoms with Crippen molar-refractivity contribution in [2.75, 3.05) is 0 Å². The smallest absolute Gasteiger partial charge is 0.423 e. The molecule has 0 aliphatic carbocycles. The molecule has 2 rings (SSSR count). The fourth-order valence-corrected chi connectivity index (χ4v) is 1.40. The van der Waals surface area contributed by atoms with Crippen molar-refractivity contribution in [2.45, 2.75) is 0 Å². The highest BCUT2D eigenvalue weighted by atomic mass is 35.5. The number of aromatic nitrogens is 2. The van der Waals surface area contributed by atoms with E-state index in [9.17, 15) is 0 Å². The van der Waals surface area contributed by atoms with Crippen molar-refractivity contribution >= 4 is 35.1 Å². The average molecular weight is 208 g/mol. The van der Waals surface area contributed by atoms with Crippen LogP contribution in [0.15, 0.2) is 24.4 Å². The highest BCUT2D eigenvalue weighted by Gasteiger charge is 2.12. The van der Waals surface area contributed by atoms with Crippen LogP contribution in [-0.4, -0.2) is 27.4 Å². The second-order valence-electron chi connectivity index (χ2n) is 2.84. The van der Waals surface area contributed by atoms with Gasteiger partial charge in [0.2, 0.25) is 0 Å². The minimum Gasteiger partial charge on any atom is -0.423 e. The molecule has 2 N–H and O–H groups in total. The van der Waals surface area contributed by atoms with Gasteiger partial charge in [0.25, 0.3) is 0 Å². The molecule has 2 aromatic rings. The number of nitrogens with zero attached hydrogens (tertiary/aromatic N) is 2. The lowest BCUT2D eigenvalue weighted by Gasteiger charge is -2.02. The Bertz CT molecular complexity index is 478. The lowest BCUT2D eigenvalue weighted by atomic mass is 9.80. The van der Waals surface area contributed by atoms with Crippen LogP contribution in [0.3, 0.4) is 0 Å². The molecule has 0 atom stereocenters. The van der Waals surface area contributed by atoms with Crippen LogP contribution in [0.1, 0.15) is 0 Å². The number of hydrogen-bond acceptors (Lipinski definition) is 4. The Kier molecular flexibility index (Phi) is 2.37. The van der Waals surface area contributed by atoms with Crippen LogP contribution >= 0.6 is 11.6 Å². The summed E-state index contributed by atoms with van der Waals surface area (Å²) in [5.74, 6) is 0. The predicted octanol–water partition coefficient (Wildman–Crippen LogP) is -0.0370. The van der Waals surface area contributed by atoms with E-state index in [4.69, 9.17) is 21.6 Å². The van der Waals surface area contributed by atoms with E-state index in [2.05, 4.69) is 10.2 Å². The van der Waals surface area contributed by atoms with Crippen molar-refractivity contribution in [3.63, 3.8) is 0 Å². The monoisotopic (exact) mass is 208 g/mol. The maximum absolute atomic E-state index is 8.95. The summed E-state index contributed by atoms with van der Waals surface area (Å²) in [6.07, 6.45) is 1.41. The maximum atomic E-state index is 8.95. The van der Waals surface area contributed by atoms with E-state index < -0.39 is 7.12 Å². The Morgan fingerprint density at radius 2 is 2.07 bits per heavy atom. The third kappa shape index (κ3) is 1.57. The highest BCUT2D eigenvalue weighted by molar-refractivity contribution is 6.59. The van der Waals surface area contributed by atoms with E-state index in [0.717, 1.165) is 0 Å². The number of fused-ring (bicyclic) bond motifs is 1. The number of benzene rings is 1. The maximum Gasteiger partial charge on any atom is 0.488 e. The first kappa shape index (κ1) is 9.39. The zero-order valence-electron chi connectivity index (χ0n) is 7.05. The van der Waals surface area contributed by atoms with Crippen LogP contribution in [-0.2, 0) is 0 Å². The van der Waals surface area contributed by atoms with Crippen LogP contribution in [0.4, 0.5) is 0 Å². The quantitative estimate of drug-likeness (QED) is 0.646. The molecule has 1 heterocycles. The fourth-order valence-electron chi connectivity index (χ4n) is 1.20. The van der Waals surface area contributed by atoms with Crippen LogP contribution in [0.25, 0.3) is 10.9 Å². The van der Waals surface area contributed by atoms with Crippen LogP contribution in [0, 0.1) is 0 Å². The van der Waals surface area contributed by atoms with Gasteiger partial charge in [-0.1, -0.05) is 23.7 Å². The summed E-state index contributed by atoms with van der Waals surface area (Å²) in [5.41, 5.74) is 1.01. The van der Waals surface area contributed by atoms with Crippen molar-refractivity contribution in [2.24, 2.45) is 0 Å². The molecular formula is C8H6BClN2O2. The molecule has 4 nitrogen and oxygen atoms in total. The van der Waals surface area contributed by atoms with Crippen LogP contribution in [0.2, 0.25) is 5.02 Å². The minimum absolute atomic E-state index is 0.382. The molecule has 0 bridgehead atoms. The summed E-state index contributed by atoms with van der Waals surface area (Å²) in [4.78, 5) is 0. The van der Waals surface area contributed by atoms with Crippen molar-refractivity contribution in [3.05, 3.63) is 29.4 Å². The minimum atomic E-state index is -1.50. The van der Waals surface area contributed by atoms with Crippen molar-refractivity contribution in [3.8, 4) is 0 Å². The third-order valence-corrected chi connectivity index (χ3v) is 2.21. The zero-order valence-corrected chi connectivity index (χ0v) is 7.81. The average Bonchev–Trinajstić information content (AvgIpc) is 2.18. The second-order valence-corrected chi connectivity index (χ2v) is 3.25. The number of halogens is 1. The molecule has 0 amide bonds. The largest absolute Gasteiger partial charge is 0.488 e. The molecule has 0 aliphatic rings. The lowest BCUT2D eigenvalue weighted by Crippen LogP contribution is -2.29. The number of hydrogen-bond donors (Lipinski definition) is 2. The Morgan fingerprint density at radius 3 is 2.79 bits per heavy atom. The molecule has 0 aliphatic heterocycles. The fraction of sp³-hybridized carbons (Fsp3) is 0. The molecular weight excluding hydrogens is 202 g/mol. The Hall–Kier alpha value is -1.17. The Morgan fingerprint density at radius 1 is 1.29 bits per heavy atom. The molecule has 14 heavy (non-hydrogen) atoms. The molecule has 6 heteroatoms. The molecule has 1 aromatic carbocycles. The SMILES string of the molecule is OB(O)c1ccc2nncc(Cl)c2c1.